The molecular weight excluding hydrogens is 428 g/mol. The Morgan fingerprint density at radius 1 is 1.19 bits per heavy atom. The zero-order valence-corrected chi connectivity index (χ0v) is 17.5. The molecule has 32 heavy (non-hydrogen) atoms. The molecule has 0 spiro atoms. The Hall–Kier alpha value is -3.10. The number of aromatic nitrogens is 2. The van der Waals surface area contributed by atoms with Gasteiger partial charge in [-0.05, 0) is 19.8 Å². The maximum Gasteiger partial charge on any atom is 0.328 e. The smallest absolute Gasteiger partial charge is 0.328 e. The summed E-state index contributed by atoms with van der Waals surface area (Å²) in [7, 11) is 0. The molecule has 1 aromatic rings. The Labute approximate surface area is 182 Å². The zero-order chi connectivity index (χ0) is 24.1. The third-order valence-corrected chi connectivity index (χ3v) is 5.36. The van der Waals surface area contributed by atoms with Crippen molar-refractivity contribution >= 4 is 23.7 Å². The second kappa shape index (κ2) is 10.5. The number of nitrogens with one attached hydrogen (secondary N) is 2. The van der Waals surface area contributed by atoms with E-state index in [0.29, 0.717) is 12.8 Å². The van der Waals surface area contributed by atoms with Gasteiger partial charge >= 0.3 is 5.97 Å². The van der Waals surface area contributed by atoms with Gasteiger partial charge in [-0.1, -0.05) is 18.0 Å². The molecule has 0 unspecified atom stereocenters. The molecule has 0 radical (unpaired) electrons. The van der Waals surface area contributed by atoms with E-state index in [2.05, 4.69) is 20.8 Å². The van der Waals surface area contributed by atoms with Gasteiger partial charge in [-0.15, -0.1) is 0 Å². The van der Waals surface area contributed by atoms with Crippen LogP contribution in [-0.2, 0) is 19.2 Å². The molecule has 1 fully saturated rings. The van der Waals surface area contributed by atoms with Gasteiger partial charge in [0.05, 0.1) is 25.2 Å². The normalized spacial score (nSPS) is 18.9. The number of nitrogens with two attached hydrogens (primary N) is 2. The minimum Gasteiger partial charge on any atom is -0.480 e. The highest BCUT2D eigenvalue weighted by atomic mass is 16.5. The number of hydrogen-bond donors (Lipinski definition) is 7. The van der Waals surface area contributed by atoms with Crippen molar-refractivity contribution in [2.24, 2.45) is 16.9 Å². The Kier molecular flexibility index (Phi) is 8.24. The highest BCUT2D eigenvalue weighted by molar-refractivity contribution is 6.06. The fraction of sp³-hybridized carbons (Fsp3) is 0.667. The molecule has 1 aromatic heterocycles. The van der Waals surface area contributed by atoms with Gasteiger partial charge in [-0.3, -0.25) is 14.4 Å². The Morgan fingerprint density at radius 2 is 1.78 bits per heavy atom. The van der Waals surface area contributed by atoms with Crippen LogP contribution in [0.15, 0.2) is 4.52 Å². The van der Waals surface area contributed by atoms with Gasteiger partial charge < -0.3 is 41.9 Å². The second-order valence-electron chi connectivity index (χ2n) is 7.80. The van der Waals surface area contributed by atoms with Crippen molar-refractivity contribution in [3.8, 4) is 0 Å². The number of nitrogens with zero attached hydrogens (tertiary/aromatic N) is 2. The minimum absolute atomic E-state index is 0.0548. The topological polar surface area (TPSA) is 244 Å². The van der Waals surface area contributed by atoms with Crippen LogP contribution in [0.1, 0.15) is 62.8 Å². The Balaban J connectivity index is 2.28. The first-order valence-electron chi connectivity index (χ1n) is 10.0. The molecule has 4 atom stereocenters. The van der Waals surface area contributed by atoms with Crippen molar-refractivity contribution in [2.75, 3.05) is 6.61 Å². The van der Waals surface area contributed by atoms with E-state index in [1.54, 1.807) is 0 Å². The summed E-state index contributed by atoms with van der Waals surface area (Å²) in [5, 5.41) is 36.4. The third kappa shape index (κ3) is 5.57. The van der Waals surface area contributed by atoms with E-state index in [4.69, 9.17) is 21.1 Å². The van der Waals surface area contributed by atoms with Gasteiger partial charge in [0.2, 0.25) is 23.6 Å². The highest BCUT2D eigenvalue weighted by Crippen LogP contribution is 2.39. The summed E-state index contributed by atoms with van der Waals surface area (Å²) in [6, 6.07) is -3.73. The molecule has 1 heterocycles. The molecule has 0 bridgehead atoms. The number of primary amides is 1. The Morgan fingerprint density at radius 3 is 2.28 bits per heavy atom. The predicted molar refractivity (Wildman–Crippen MR) is 105 cm³/mol. The predicted octanol–water partition coefficient (Wildman–Crippen LogP) is -2.39. The molecule has 9 N–H and O–H groups in total. The molecule has 0 aliphatic heterocycles. The molecule has 1 saturated carbocycles. The van der Waals surface area contributed by atoms with Crippen molar-refractivity contribution in [1.82, 2.24) is 20.8 Å². The quantitative estimate of drug-likeness (QED) is 0.173. The maximum atomic E-state index is 13.2. The number of amides is 3. The lowest BCUT2D eigenvalue weighted by atomic mass is 9.83. The van der Waals surface area contributed by atoms with Crippen molar-refractivity contribution in [2.45, 2.75) is 63.3 Å². The summed E-state index contributed by atoms with van der Waals surface area (Å²) in [5.74, 6) is -4.14. The molecule has 0 aromatic carbocycles. The highest BCUT2D eigenvalue weighted by Gasteiger charge is 2.50. The molecule has 2 rings (SSSR count). The molecule has 0 saturated heterocycles. The summed E-state index contributed by atoms with van der Waals surface area (Å²) in [6.45, 7) is 0.733. The average Bonchev–Trinajstić information content (AvgIpc) is 3.40. The number of carbonyl (C=O) groups excluding carboxylic acids is 3. The number of aliphatic carboxylic acids is 1. The lowest BCUT2D eigenvalue weighted by Gasteiger charge is -2.30. The van der Waals surface area contributed by atoms with Crippen LogP contribution in [0.5, 0.6) is 0 Å². The van der Waals surface area contributed by atoms with Crippen LogP contribution in [0.2, 0.25) is 0 Å². The van der Waals surface area contributed by atoms with Gasteiger partial charge in [0.15, 0.2) is 11.9 Å². The van der Waals surface area contributed by atoms with Crippen LogP contribution in [0.3, 0.4) is 0 Å². The lowest BCUT2D eigenvalue weighted by Crippen LogP contribution is -2.56. The van der Waals surface area contributed by atoms with Gasteiger partial charge in [0.25, 0.3) is 0 Å². The van der Waals surface area contributed by atoms with Crippen LogP contribution in [-0.4, -0.2) is 67.9 Å². The van der Waals surface area contributed by atoms with E-state index in [-0.39, 0.29) is 24.6 Å². The maximum absolute atomic E-state index is 13.2. The molecule has 1 aliphatic carbocycles. The van der Waals surface area contributed by atoms with Crippen LogP contribution < -0.4 is 22.1 Å². The van der Waals surface area contributed by atoms with Crippen LogP contribution >= 0.6 is 0 Å². The second-order valence-corrected chi connectivity index (χ2v) is 7.80. The van der Waals surface area contributed by atoms with Gasteiger partial charge in [-0.2, -0.15) is 4.98 Å². The van der Waals surface area contributed by atoms with Crippen LogP contribution in [0.25, 0.3) is 0 Å². The number of hydrogen-bond acceptors (Lipinski definition) is 10. The number of rotatable bonds is 11. The fourth-order valence-electron chi connectivity index (χ4n) is 3.52. The fourth-order valence-corrected chi connectivity index (χ4v) is 3.52. The number of carboxylic acid groups (broad SMARTS) is 1. The minimum atomic E-state index is -1.62. The zero-order valence-electron chi connectivity index (χ0n) is 17.5. The molecule has 14 heteroatoms. The first kappa shape index (κ1) is 25.2. The Bertz CT molecular complexity index is 850. The summed E-state index contributed by atoms with van der Waals surface area (Å²) in [4.78, 5) is 53.0. The van der Waals surface area contributed by atoms with Gasteiger partial charge in [0, 0.05) is 0 Å². The lowest BCUT2D eigenvalue weighted by molar-refractivity contribution is -0.151. The van der Waals surface area contributed by atoms with Crippen molar-refractivity contribution < 1.29 is 39.0 Å². The van der Waals surface area contributed by atoms with E-state index < -0.39 is 66.4 Å². The molecule has 1 aliphatic rings. The number of carbonyl (C=O) groups is 4. The van der Waals surface area contributed by atoms with Crippen molar-refractivity contribution in [1.29, 1.82) is 0 Å². The average molecular weight is 456 g/mol. The number of aliphatic hydroxyl groups is 2. The third-order valence-electron chi connectivity index (χ3n) is 5.36. The van der Waals surface area contributed by atoms with Crippen molar-refractivity contribution in [3.05, 3.63) is 11.7 Å². The van der Waals surface area contributed by atoms with E-state index in [9.17, 15) is 29.4 Å². The first-order chi connectivity index (χ1) is 15.0. The van der Waals surface area contributed by atoms with E-state index >= 15 is 0 Å². The summed E-state index contributed by atoms with van der Waals surface area (Å²) < 4.78 is 5.05. The largest absolute Gasteiger partial charge is 0.480 e. The van der Waals surface area contributed by atoms with Crippen LogP contribution in [0, 0.1) is 5.41 Å². The summed E-state index contributed by atoms with van der Waals surface area (Å²) in [6.07, 6.45) is -0.499. The molecule has 14 nitrogen and oxygen atoms in total. The van der Waals surface area contributed by atoms with Gasteiger partial charge in [-0.25, -0.2) is 4.79 Å². The van der Waals surface area contributed by atoms with E-state index in [0.717, 1.165) is 0 Å². The van der Waals surface area contributed by atoms with E-state index in [1.165, 1.54) is 6.92 Å². The SMILES string of the molecule is C[C@@H](O)[C@H](NC(=O)C1(C(=O)N[C@@H](CC(N)=O)c2nc([C@H](N)CO)no2)CCCC1)C(=O)O. The number of carboxylic acids is 1. The van der Waals surface area contributed by atoms with Gasteiger partial charge in [0.1, 0.15) is 11.5 Å². The van der Waals surface area contributed by atoms with Crippen LogP contribution in [0.4, 0.5) is 0 Å². The standard InChI is InChI=1S/C18H28N6O8/c1-8(26)12(15(28)29)22-17(31)18(4-2-3-5-18)16(30)21-10(6-11(20)27)14-23-13(24-32-14)9(19)7-25/h8-10,12,25-26H,2-7,19H2,1H3,(H2,20,27)(H,21,30)(H,22,31)(H,28,29)/t8-,9-,10+,12+/m1/s1. The molecular formula is C18H28N6O8. The summed E-state index contributed by atoms with van der Waals surface area (Å²) >= 11 is 0. The molecule has 3 amide bonds. The number of aliphatic hydroxyl groups excluding tert-OH is 2. The first-order valence-corrected chi connectivity index (χ1v) is 10.0. The van der Waals surface area contributed by atoms with E-state index in [1.807, 2.05) is 0 Å². The summed E-state index contributed by atoms with van der Waals surface area (Å²) in [5.41, 5.74) is 9.27. The monoisotopic (exact) mass is 456 g/mol. The van der Waals surface area contributed by atoms with Crippen molar-refractivity contribution in [3.63, 3.8) is 0 Å². The molecule has 178 valence electrons.